The van der Waals surface area contributed by atoms with E-state index in [1.54, 1.807) is 0 Å². The summed E-state index contributed by atoms with van der Waals surface area (Å²) in [5, 5.41) is 10.8. The molecule has 3 rings (SSSR count). The van der Waals surface area contributed by atoms with Gasteiger partial charge in [0.05, 0.1) is 15.6 Å². The van der Waals surface area contributed by atoms with Gasteiger partial charge >= 0.3 is 0 Å². The van der Waals surface area contributed by atoms with E-state index in [4.69, 9.17) is 0 Å². The van der Waals surface area contributed by atoms with E-state index in [0.717, 1.165) is 19.3 Å². The lowest BCUT2D eigenvalue weighted by Gasteiger charge is -2.25. The number of nitrogens with zero attached hydrogens (tertiary/aromatic N) is 2. The van der Waals surface area contributed by atoms with Crippen LogP contribution in [-0.4, -0.2) is 39.2 Å². The Balaban J connectivity index is 1.71. The van der Waals surface area contributed by atoms with Crippen molar-refractivity contribution in [1.29, 1.82) is 0 Å². The van der Waals surface area contributed by atoms with E-state index in [-0.39, 0.29) is 21.8 Å². The molecule has 11 heteroatoms. The Labute approximate surface area is 169 Å². The van der Waals surface area contributed by atoms with E-state index >= 15 is 0 Å². The molecule has 0 aromatic heterocycles. The number of benzene rings is 2. The predicted molar refractivity (Wildman–Crippen MR) is 108 cm³/mol. The summed E-state index contributed by atoms with van der Waals surface area (Å²) in [5.74, 6) is -0.442. The molecular weight excluding hydrogens is 418 g/mol. The van der Waals surface area contributed by atoms with E-state index < -0.39 is 30.7 Å². The number of nitro benzene ring substituents is 1. The molecule has 0 saturated carbocycles. The van der Waals surface area contributed by atoms with Crippen LogP contribution in [0.5, 0.6) is 0 Å². The lowest BCUT2D eigenvalue weighted by molar-refractivity contribution is -0.384. The third kappa shape index (κ3) is 5.31. The molecule has 1 N–H and O–H groups in total. The van der Waals surface area contributed by atoms with Gasteiger partial charge in [0.25, 0.3) is 5.69 Å². The number of nitro groups is 1. The number of non-ortho nitro benzene ring substituents is 1. The summed E-state index contributed by atoms with van der Waals surface area (Å²) in [7, 11) is -7.42. The van der Waals surface area contributed by atoms with Crippen molar-refractivity contribution in [3.8, 4) is 0 Å². The number of piperidine rings is 1. The first-order chi connectivity index (χ1) is 13.7. The second-order valence-corrected chi connectivity index (χ2v) is 10.4. The second kappa shape index (κ2) is 8.47. The van der Waals surface area contributed by atoms with Gasteiger partial charge in [0.1, 0.15) is 0 Å². The fourth-order valence-electron chi connectivity index (χ4n) is 3.14. The average molecular weight is 440 g/mol. The second-order valence-electron chi connectivity index (χ2n) is 6.78. The Kier molecular flexibility index (Phi) is 6.20. The highest BCUT2D eigenvalue weighted by molar-refractivity contribution is 7.92. The Bertz CT molecular complexity index is 1090. The summed E-state index contributed by atoms with van der Waals surface area (Å²) in [6.45, 7) is 0.972. The molecule has 29 heavy (non-hydrogen) atoms. The van der Waals surface area contributed by atoms with Crippen molar-refractivity contribution in [2.75, 3.05) is 17.8 Å². The third-order valence-electron chi connectivity index (χ3n) is 4.56. The van der Waals surface area contributed by atoms with Crippen LogP contribution in [0.2, 0.25) is 0 Å². The van der Waals surface area contributed by atoms with Gasteiger partial charge in [-0.15, -0.1) is 0 Å². The van der Waals surface area contributed by atoms with Crippen molar-refractivity contribution in [3.63, 3.8) is 0 Å². The molecule has 0 radical (unpaired) electrons. The molecule has 0 atom stereocenters. The van der Waals surface area contributed by atoms with E-state index in [1.165, 1.54) is 52.8 Å². The fraction of sp³-hybridized carbons (Fsp3) is 0.333. The first-order valence-corrected chi connectivity index (χ1v) is 12.1. The highest BCUT2D eigenvalue weighted by Gasteiger charge is 2.25. The Morgan fingerprint density at radius 2 is 1.62 bits per heavy atom. The third-order valence-corrected chi connectivity index (χ3v) is 7.73. The van der Waals surface area contributed by atoms with Crippen LogP contribution in [0.3, 0.4) is 0 Å². The molecule has 9 nitrogen and oxygen atoms in total. The van der Waals surface area contributed by atoms with E-state index in [1.807, 2.05) is 0 Å². The molecule has 0 bridgehead atoms. The van der Waals surface area contributed by atoms with Gasteiger partial charge in [-0.3, -0.25) is 14.8 Å². The summed E-state index contributed by atoms with van der Waals surface area (Å²) in [6, 6.07) is 10.9. The van der Waals surface area contributed by atoms with E-state index in [0.29, 0.717) is 13.1 Å². The van der Waals surface area contributed by atoms with Gasteiger partial charge in [0, 0.05) is 30.9 Å². The van der Waals surface area contributed by atoms with Gasteiger partial charge in [-0.05, 0) is 42.7 Å². The van der Waals surface area contributed by atoms with Gasteiger partial charge in [-0.25, -0.2) is 16.8 Å². The maximum atomic E-state index is 12.6. The monoisotopic (exact) mass is 439 g/mol. The zero-order chi connectivity index (χ0) is 21.1. The minimum atomic E-state index is -3.83. The fourth-order valence-corrected chi connectivity index (χ4v) is 5.85. The minimum absolute atomic E-state index is 0.112. The predicted octanol–water partition coefficient (Wildman–Crippen LogP) is 2.71. The Morgan fingerprint density at radius 1 is 0.966 bits per heavy atom. The summed E-state index contributed by atoms with van der Waals surface area (Å²) in [4.78, 5) is 10.3. The van der Waals surface area contributed by atoms with Crippen molar-refractivity contribution < 1.29 is 21.8 Å². The lowest BCUT2D eigenvalue weighted by atomic mass is 10.2. The molecular formula is C18H21N3O6S2. The number of anilines is 1. The number of sulfonamides is 2. The van der Waals surface area contributed by atoms with Crippen LogP contribution in [-0.2, 0) is 25.8 Å². The quantitative estimate of drug-likeness (QED) is 0.522. The van der Waals surface area contributed by atoms with Gasteiger partial charge in [-0.1, -0.05) is 18.6 Å². The molecule has 2 aromatic rings. The highest BCUT2D eigenvalue weighted by Crippen LogP contribution is 2.23. The molecule has 0 unspecified atom stereocenters. The summed E-state index contributed by atoms with van der Waals surface area (Å²) >= 11 is 0. The molecule has 1 aliphatic rings. The van der Waals surface area contributed by atoms with Crippen molar-refractivity contribution in [1.82, 2.24) is 4.31 Å². The number of hydrogen-bond donors (Lipinski definition) is 1. The van der Waals surface area contributed by atoms with Gasteiger partial charge < -0.3 is 0 Å². The van der Waals surface area contributed by atoms with Crippen LogP contribution in [0.15, 0.2) is 53.4 Å². The molecule has 156 valence electrons. The van der Waals surface area contributed by atoms with Gasteiger partial charge in [0.15, 0.2) is 0 Å². The van der Waals surface area contributed by atoms with Crippen molar-refractivity contribution in [2.45, 2.75) is 29.9 Å². The van der Waals surface area contributed by atoms with Crippen molar-refractivity contribution >= 4 is 31.4 Å². The number of nitrogens with one attached hydrogen (secondary N) is 1. The van der Waals surface area contributed by atoms with Crippen molar-refractivity contribution in [3.05, 3.63) is 64.2 Å². The first-order valence-electron chi connectivity index (χ1n) is 9.01. The van der Waals surface area contributed by atoms with Gasteiger partial charge in [0.2, 0.25) is 20.0 Å². The molecule has 1 aliphatic heterocycles. The van der Waals surface area contributed by atoms with Crippen LogP contribution in [0.4, 0.5) is 11.4 Å². The van der Waals surface area contributed by atoms with E-state index in [9.17, 15) is 26.9 Å². The zero-order valence-electron chi connectivity index (χ0n) is 15.5. The number of rotatable bonds is 7. The molecule has 1 fully saturated rings. The SMILES string of the molecule is O=[N+]([O-])c1cccc(CS(=O)(=O)Nc2ccc(S(=O)(=O)N3CCCCC3)cc2)c1. The molecule has 1 saturated heterocycles. The Hall–Kier alpha value is -2.50. The van der Waals surface area contributed by atoms with Crippen LogP contribution in [0.25, 0.3) is 0 Å². The zero-order valence-corrected chi connectivity index (χ0v) is 17.2. The molecule has 0 spiro atoms. The molecule has 0 amide bonds. The Morgan fingerprint density at radius 3 is 2.24 bits per heavy atom. The lowest BCUT2D eigenvalue weighted by Crippen LogP contribution is -2.35. The summed E-state index contributed by atoms with van der Waals surface area (Å²) in [5.41, 5.74) is 0.300. The number of hydrogen-bond acceptors (Lipinski definition) is 6. The topological polar surface area (TPSA) is 127 Å². The van der Waals surface area contributed by atoms with Crippen LogP contribution in [0, 0.1) is 10.1 Å². The minimum Gasteiger partial charge on any atom is -0.283 e. The maximum absolute atomic E-state index is 12.6. The molecule has 1 heterocycles. The largest absolute Gasteiger partial charge is 0.283 e. The average Bonchev–Trinajstić information content (AvgIpc) is 2.68. The van der Waals surface area contributed by atoms with Crippen LogP contribution >= 0.6 is 0 Å². The maximum Gasteiger partial charge on any atom is 0.269 e. The first kappa shape index (κ1) is 21.2. The highest BCUT2D eigenvalue weighted by atomic mass is 32.2. The summed E-state index contributed by atoms with van der Waals surface area (Å²) < 4.78 is 53.8. The standard InChI is InChI=1S/C18H21N3O6S2/c22-21(23)17-6-4-5-15(13-17)14-28(24,25)19-16-7-9-18(10-8-16)29(26,27)20-11-2-1-3-12-20/h4-10,13,19H,1-3,11-12,14H2. The molecule has 0 aliphatic carbocycles. The molecule has 2 aromatic carbocycles. The van der Waals surface area contributed by atoms with Gasteiger partial charge in [-0.2, -0.15) is 4.31 Å². The summed E-state index contributed by atoms with van der Waals surface area (Å²) in [6.07, 6.45) is 2.67. The smallest absolute Gasteiger partial charge is 0.269 e. The van der Waals surface area contributed by atoms with Crippen molar-refractivity contribution in [2.24, 2.45) is 0 Å². The van der Waals surface area contributed by atoms with Crippen LogP contribution in [0.1, 0.15) is 24.8 Å². The van der Waals surface area contributed by atoms with Crippen LogP contribution < -0.4 is 4.72 Å². The van der Waals surface area contributed by atoms with E-state index in [2.05, 4.69) is 4.72 Å². The normalized spacial score (nSPS) is 15.7.